The number of rotatable bonds is 5. The van der Waals surface area contributed by atoms with Crippen LogP contribution in [0.25, 0.3) is 100 Å². The molecular weight excluding hydrogens is 635 g/mol. The van der Waals surface area contributed by atoms with Crippen molar-refractivity contribution in [2.45, 2.75) is 0 Å². The molecule has 0 saturated heterocycles. The molecule has 0 saturated carbocycles. The lowest BCUT2D eigenvalue weighted by molar-refractivity contribution is 0.960. The van der Waals surface area contributed by atoms with Gasteiger partial charge in [0.2, 0.25) is 0 Å². The van der Waals surface area contributed by atoms with Crippen molar-refractivity contribution >= 4 is 43.4 Å². The van der Waals surface area contributed by atoms with Gasteiger partial charge >= 0.3 is 0 Å². The van der Waals surface area contributed by atoms with E-state index in [4.69, 9.17) is 19.9 Å². The quantitative estimate of drug-likeness (QED) is 0.172. The van der Waals surface area contributed by atoms with Gasteiger partial charge in [0.25, 0.3) is 0 Å². The average molecular weight is 666 g/mol. The molecule has 8 aromatic carbocycles. The molecule has 0 unspecified atom stereocenters. The Bertz CT molecular complexity index is 2910. The van der Waals surface area contributed by atoms with Gasteiger partial charge in [-0.1, -0.05) is 146 Å². The molecule has 244 valence electrons. The summed E-state index contributed by atoms with van der Waals surface area (Å²) in [5.41, 5.74) is 8.27. The van der Waals surface area contributed by atoms with Crippen LogP contribution in [0.1, 0.15) is 0 Å². The summed E-state index contributed by atoms with van der Waals surface area (Å²) >= 11 is 0. The van der Waals surface area contributed by atoms with Crippen molar-refractivity contribution < 1.29 is 0 Å². The summed E-state index contributed by atoms with van der Waals surface area (Å²) in [4.78, 5) is 20.5. The van der Waals surface area contributed by atoms with Gasteiger partial charge in [-0.3, -0.25) is 0 Å². The molecule has 0 fully saturated rings. The second-order valence-electron chi connectivity index (χ2n) is 13.1. The molecule has 2 aromatic heterocycles. The van der Waals surface area contributed by atoms with Gasteiger partial charge in [0.05, 0.1) is 11.0 Å². The lowest BCUT2D eigenvalue weighted by atomic mass is 9.87. The Hall–Kier alpha value is -6.98. The van der Waals surface area contributed by atoms with Gasteiger partial charge in [-0.2, -0.15) is 0 Å². The second-order valence-corrected chi connectivity index (χ2v) is 13.1. The van der Waals surface area contributed by atoms with Crippen LogP contribution in [0.3, 0.4) is 0 Å². The molecular formula is C47H31N5. The molecule has 5 nitrogen and oxygen atoms in total. The normalized spacial score (nSPS) is 11.6. The highest BCUT2D eigenvalue weighted by molar-refractivity contribution is 6.21. The highest BCUT2D eigenvalue weighted by Crippen LogP contribution is 2.45. The molecule has 0 radical (unpaired) electrons. The Morgan fingerprint density at radius 2 is 0.846 bits per heavy atom. The van der Waals surface area contributed by atoms with E-state index in [1.807, 2.05) is 42.5 Å². The third-order valence-electron chi connectivity index (χ3n) is 10.0. The fourth-order valence-corrected chi connectivity index (χ4v) is 7.54. The van der Waals surface area contributed by atoms with Crippen LogP contribution in [0.2, 0.25) is 0 Å². The van der Waals surface area contributed by atoms with Crippen molar-refractivity contribution in [3.63, 3.8) is 0 Å². The van der Waals surface area contributed by atoms with Crippen LogP contribution in [-0.4, -0.2) is 24.5 Å². The van der Waals surface area contributed by atoms with Crippen LogP contribution < -0.4 is 0 Å². The first-order valence-electron chi connectivity index (χ1n) is 17.5. The van der Waals surface area contributed by atoms with Crippen molar-refractivity contribution in [2.24, 2.45) is 7.05 Å². The van der Waals surface area contributed by atoms with Gasteiger partial charge in [0, 0.05) is 34.9 Å². The Labute approximate surface area is 300 Å². The summed E-state index contributed by atoms with van der Waals surface area (Å²) in [7, 11) is 2.08. The van der Waals surface area contributed by atoms with Crippen LogP contribution in [-0.2, 0) is 7.05 Å². The summed E-state index contributed by atoms with van der Waals surface area (Å²) in [5.74, 6) is 2.87. The van der Waals surface area contributed by atoms with E-state index in [9.17, 15) is 0 Å². The van der Waals surface area contributed by atoms with E-state index in [1.54, 1.807) is 0 Å². The van der Waals surface area contributed by atoms with Gasteiger partial charge in [-0.15, -0.1) is 0 Å². The molecule has 0 atom stereocenters. The molecule has 0 spiro atoms. The van der Waals surface area contributed by atoms with Crippen LogP contribution in [0.15, 0.2) is 170 Å². The zero-order valence-corrected chi connectivity index (χ0v) is 28.4. The Balaban J connectivity index is 1.23. The predicted molar refractivity (Wildman–Crippen MR) is 214 cm³/mol. The largest absolute Gasteiger partial charge is 0.327 e. The summed E-state index contributed by atoms with van der Waals surface area (Å²) in [6.45, 7) is 0. The topological polar surface area (TPSA) is 56.5 Å². The van der Waals surface area contributed by atoms with Crippen LogP contribution in [0, 0.1) is 0 Å². The lowest BCUT2D eigenvalue weighted by Crippen LogP contribution is -2.02. The summed E-state index contributed by atoms with van der Waals surface area (Å²) < 4.78 is 2.17. The van der Waals surface area contributed by atoms with E-state index in [0.29, 0.717) is 17.5 Å². The smallest absolute Gasteiger partial charge is 0.165 e. The number of hydrogen-bond donors (Lipinski definition) is 0. The Kier molecular flexibility index (Phi) is 6.96. The summed E-state index contributed by atoms with van der Waals surface area (Å²) in [6, 6.07) is 59.3. The van der Waals surface area contributed by atoms with E-state index >= 15 is 0 Å². The van der Waals surface area contributed by atoms with Crippen molar-refractivity contribution in [3.8, 4) is 56.7 Å². The van der Waals surface area contributed by atoms with Crippen LogP contribution in [0.4, 0.5) is 0 Å². The zero-order chi connectivity index (χ0) is 34.6. The molecule has 10 rings (SSSR count). The fraction of sp³-hybridized carbons (Fsp3) is 0.0213. The Morgan fingerprint density at radius 1 is 0.365 bits per heavy atom. The van der Waals surface area contributed by atoms with E-state index in [1.165, 1.54) is 5.39 Å². The van der Waals surface area contributed by atoms with Gasteiger partial charge < -0.3 is 4.57 Å². The first kappa shape index (κ1) is 29.9. The maximum absolute atomic E-state index is 5.24. The summed E-state index contributed by atoms with van der Waals surface area (Å²) in [5, 5.41) is 6.89. The van der Waals surface area contributed by atoms with Gasteiger partial charge in [-0.05, 0) is 62.1 Å². The zero-order valence-electron chi connectivity index (χ0n) is 28.4. The van der Waals surface area contributed by atoms with E-state index in [2.05, 4.69) is 139 Å². The maximum atomic E-state index is 5.24. The van der Waals surface area contributed by atoms with Gasteiger partial charge in [-0.25, -0.2) is 19.9 Å². The second kappa shape index (κ2) is 12.1. The van der Waals surface area contributed by atoms with Crippen molar-refractivity contribution in [1.29, 1.82) is 0 Å². The van der Waals surface area contributed by atoms with Crippen LogP contribution in [0.5, 0.6) is 0 Å². The molecule has 5 heteroatoms. The van der Waals surface area contributed by atoms with E-state index in [0.717, 1.165) is 77.2 Å². The number of nitrogens with zero attached hydrogens (tertiary/aromatic N) is 5. The number of aromatic nitrogens is 5. The molecule has 0 N–H and O–H groups in total. The molecule has 0 aliphatic heterocycles. The highest BCUT2D eigenvalue weighted by atomic mass is 15.1. The number of hydrogen-bond acceptors (Lipinski definition) is 4. The molecule has 0 aliphatic rings. The predicted octanol–water partition coefficient (Wildman–Crippen LogP) is 11.6. The highest BCUT2D eigenvalue weighted by Gasteiger charge is 2.22. The van der Waals surface area contributed by atoms with Crippen molar-refractivity contribution in [3.05, 3.63) is 170 Å². The minimum atomic E-state index is 0.639. The SMILES string of the molecule is Cn1c(-c2ccc3cc(-c4c(-c5nc(-c6ccccc6)nc(-c6ccccc6)n5)c5ccccc5c5ccccc45)ccc3c2)nc2ccccc21. The average Bonchev–Trinajstić information content (AvgIpc) is 3.56. The van der Waals surface area contributed by atoms with Crippen LogP contribution >= 0.6 is 0 Å². The molecule has 2 heterocycles. The number of imidazole rings is 1. The maximum Gasteiger partial charge on any atom is 0.165 e. The number of fused-ring (bicyclic) bond motifs is 5. The van der Waals surface area contributed by atoms with E-state index < -0.39 is 0 Å². The first-order valence-corrected chi connectivity index (χ1v) is 17.5. The molecule has 0 amide bonds. The third kappa shape index (κ3) is 4.94. The van der Waals surface area contributed by atoms with Crippen molar-refractivity contribution in [1.82, 2.24) is 24.5 Å². The number of benzene rings is 8. The third-order valence-corrected chi connectivity index (χ3v) is 10.0. The van der Waals surface area contributed by atoms with Gasteiger partial charge in [0.15, 0.2) is 17.5 Å². The monoisotopic (exact) mass is 665 g/mol. The lowest BCUT2D eigenvalue weighted by Gasteiger charge is -2.18. The minimum absolute atomic E-state index is 0.639. The Morgan fingerprint density at radius 3 is 1.46 bits per heavy atom. The number of aryl methyl sites for hydroxylation is 1. The first-order chi connectivity index (χ1) is 25.7. The standard InChI is InChI=1S/C47H31N5/c1-52-41-23-13-12-22-40(41)48-47(52)35-27-25-32-28-34(26-24-33(32)29-35)42-38-20-10-8-18-36(38)37-19-9-11-21-39(37)43(42)46-50-44(30-14-4-2-5-15-30)49-45(51-46)31-16-6-3-7-17-31/h2-29H,1H3. The van der Waals surface area contributed by atoms with E-state index in [-0.39, 0.29) is 0 Å². The molecule has 0 aliphatic carbocycles. The van der Waals surface area contributed by atoms with Gasteiger partial charge in [0.1, 0.15) is 5.82 Å². The minimum Gasteiger partial charge on any atom is -0.327 e. The molecule has 10 aromatic rings. The molecule has 52 heavy (non-hydrogen) atoms. The van der Waals surface area contributed by atoms with Crippen molar-refractivity contribution in [2.75, 3.05) is 0 Å². The summed E-state index contributed by atoms with van der Waals surface area (Å²) in [6.07, 6.45) is 0. The number of para-hydroxylation sites is 2. The molecule has 0 bridgehead atoms. The fourth-order valence-electron chi connectivity index (χ4n) is 7.54.